The molecular weight excluding hydrogens is 320 g/mol. The molecule has 0 aromatic heterocycles. The van der Waals surface area contributed by atoms with Gasteiger partial charge >= 0.3 is 11.9 Å². The number of carbonyl (C=O) groups excluding carboxylic acids is 2. The van der Waals surface area contributed by atoms with Gasteiger partial charge in [0.1, 0.15) is 11.5 Å². The van der Waals surface area contributed by atoms with Crippen LogP contribution in [0.5, 0.6) is 11.5 Å². The summed E-state index contributed by atoms with van der Waals surface area (Å²) in [6.07, 6.45) is 2.75. The fourth-order valence-corrected chi connectivity index (χ4v) is 2.05. The maximum absolute atomic E-state index is 11.9. The lowest BCUT2D eigenvalue weighted by atomic mass is 10.2. The molecule has 0 aliphatic heterocycles. The summed E-state index contributed by atoms with van der Waals surface area (Å²) in [5, 5.41) is 0. The van der Waals surface area contributed by atoms with E-state index in [0.29, 0.717) is 17.1 Å². The minimum atomic E-state index is -0.525. The molecule has 0 bridgehead atoms. The van der Waals surface area contributed by atoms with Gasteiger partial charge in [0.05, 0.1) is 18.8 Å². The summed E-state index contributed by atoms with van der Waals surface area (Å²) >= 11 is 0. The molecule has 25 heavy (non-hydrogen) atoms. The van der Waals surface area contributed by atoms with Gasteiger partial charge in [0, 0.05) is 11.6 Å². The van der Waals surface area contributed by atoms with E-state index in [-0.39, 0.29) is 6.10 Å². The van der Waals surface area contributed by atoms with E-state index in [2.05, 4.69) is 0 Å². The SMILES string of the molecule is COc1ccccc1/C=C/C(=O)Oc1ccc(C(=O)OC(C)C)cc1. The van der Waals surface area contributed by atoms with Gasteiger partial charge < -0.3 is 14.2 Å². The molecule has 0 unspecified atom stereocenters. The molecule has 0 radical (unpaired) electrons. The summed E-state index contributed by atoms with van der Waals surface area (Å²) in [7, 11) is 1.57. The van der Waals surface area contributed by atoms with Crippen molar-refractivity contribution in [1.82, 2.24) is 0 Å². The van der Waals surface area contributed by atoms with Crippen LogP contribution in [0.3, 0.4) is 0 Å². The van der Waals surface area contributed by atoms with Gasteiger partial charge in [0.15, 0.2) is 0 Å². The van der Waals surface area contributed by atoms with Crippen molar-refractivity contribution in [1.29, 1.82) is 0 Å². The van der Waals surface area contributed by atoms with Gasteiger partial charge in [-0.05, 0) is 50.3 Å². The van der Waals surface area contributed by atoms with E-state index < -0.39 is 11.9 Å². The van der Waals surface area contributed by atoms with Gasteiger partial charge in [-0.2, -0.15) is 0 Å². The second-order valence-electron chi connectivity index (χ2n) is 5.47. The van der Waals surface area contributed by atoms with E-state index >= 15 is 0 Å². The maximum atomic E-state index is 11.9. The third-order valence-corrected chi connectivity index (χ3v) is 3.19. The largest absolute Gasteiger partial charge is 0.496 e. The Morgan fingerprint density at radius 1 is 1.00 bits per heavy atom. The normalized spacial score (nSPS) is 10.7. The Bertz CT molecular complexity index is 760. The molecule has 0 amide bonds. The lowest BCUT2D eigenvalue weighted by Gasteiger charge is -2.08. The van der Waals surface area contributed by atoms with Crippen LogP contribution in [0, 0.1) is 0 Å². The van der Waals surface area contributed by atoms with Gasteiger partial charge in [-0.3, -0.25) is 0 Å². The van der Waals surface area contributed by atoms with Crippen molar-refractivity contribution in [2.45, 2.75) is 20.0 Å². The van der Waals surface area contributed by atoms with E-state index in [0.717, 1.165) is 5.56 Å². The topological polar surface area (TPSA) is 61.8 Å². The zero-order valence-electron chi connectivity index (χ0n) is 14.4. The van der Waals surface area contributed by atoms with Gasteiger partial charge in [-0.15, -0.1) is 0 Å². The second kappa shape index (κ2) is 8.68. The molecule has 2 aromatic rings. The van der Waals surface area contributed by atoms with E-state index in [1.165, 1.54) is 6.08 Å². The Morgan fingerprint density at radius 3 is 2.32 bits per heavy atom. The van der Waals surface area contributed by atoms with E-state index in [1.54, 1.807) is 57.4 Å². The molecule has 0 saturated heterocycles. The van der Waals surface area contributed by atoms with Crippen molar-refractivity contribution >= 4 is 18.0 Å². The Kier molecular flexibility index (Phi) is 6.34. The summed E-state index contributed by atoms with van der Waals surface area (Å²) in [4.78, 5) is 23.7. The van der Waals surface area contributed by atoms with Crippen molar-refractivity contribution in [2.75, 3.05) is 7.11 Å². The summed E-state index contributed by atoms with van der Waals surface area (Å²) in [5.41, 5.74) is 1.17. The molecule has 5 heteroatoms. The van der Waals surface area contributed by atoms with Crippen molar-refractivity contribution in [3.05, 3.63) is 65.7 Å². The van der Waals surface area contributed by atoms with Crippen LogP contribution in [0.2, 0.25) is 0 Å². The van der Waals surface area contributed by atoms with Crippen LogP contribution >= 0.6 is 0 Å². The van der Waals surface area contributed by atoms with Crippen LogP contribution < -0.4 is 9.47 Å². The first-order valence-corrected chi connectivity index (χ1v) is 7.83. The lowest BCUT2D eigenvalue weighted by Crippen LogP contribution is -2.11. The fourth-order valence-electron chi connectivity index (χ4n) is 2.05. The number of esters is 2. The molecule has 0 saturated carbocycles. The molecule has 0 spiro atoms. The summed E-state index contributed by atoms with van der Waals surface area (Å²) < 4.78 is 15.5. The first kappa shape index (κ1) is 18.3. The molecule has 5 nitrogen and oxygen atoms in total. The highest BCUT2D eigenvalue weighted by Crippen LogP contribution is 2.19. The number of para-hydroxylation sites is 1. The quantitative estimate of drug-likeness (QED) is 0.454. The molecule has 0 aliphatic rings. The van der Waals surface area contributed by atoms with Crippen LogP contribution in [0.1, 0.15) is 29.8 Å². The highest BCUT2D eigenvalue weighted by atomic mass is 16.5. The number of hydrogen-bond acceptors (Lipinski definition) is 5. The monoisotopic (exact) mass is 340 g/mol. The average Bonchev–Trinajstić information content (AvgIpc) is 2.60. The van der Waals surface area contributed by atoms with E-state index in [4.69, 9.17) is 14.2 Å². The average molecular weight is 340 g/mol. The first-order chi connectivity index (χ1) is 12.0. The smallest absolute Gasteiger partial charge is 0.338 e. The van der Waals surface area contributed by atoms with Crippen LogP contribution in [0.25, 0.3) is 6.08 Å². The molecule has 0 fully saturated rings. The third kappa shape index (κ3) is 5.49. The Hall–Kier alpha value is -3.08. The molecule has 0 aliphatic carbocycles. The Morgan fingerprint density at radius 2 is 1.68 bits per heavy atom. The molecule has 130 valence electrons. The zero-order chi connectivity index (χ0) is 18.2. The summed E-state index contributed by atoms with van der Waals surface area (Å²) in [6, 6.07) is 13.5. The van der Waals surface area contributed by atoms with Crippen molar-refractivity contribution in [3.8, 4) is 11.5 Å². The molecule has 2 rings (SSSR count). The molecule has 0 atom stereocenters. The molecule has 0 heterocycles. The number of carbonyl (C=O) groups is 2. The van der Waals surface area contributed by atoms with E-state index in [1.807, 2.05) is 18.2 Å². The fraction of sp³-hybridized carbons (Fsp3) is 0.200. The third-order valence-electron chi connectivity index (χ3n) is 3.19. The van der Waals surface area contributed by atoms with Crippen molar-refractivity contribution in [2.24, 2.45) is 0 Å². The first-order valence-electron chi connectivity index (χ1n) is 7.83. The van der Waals surface area contributed by atoms with Crippen molar-refractivity contribution in [3.63, 3.8) is 0 Å². The number of rotatable bonds is 6. The second-order valence-corrected chi connectivity index (χ2v) is 5.47. The van der Waals surface area contributed by atoms with Gasteiger partial charge in [0.2, 0.25) is 0 Å². The zero-order valence-corrected chi connectivity index (χ0v) is 14.4. The standard InChI is InChI=1S/C20H20O5/c1-14(2)24-20(22)16-8-11-17(12-9-16)25-19(21)13-10-15-6-4-5-7-18(15)23-3/h4-14H,1-3H3/b13-10+. The highest BCUT2D eigenvalue weighted by molar-refractivity contribution is 5.91. The number of ether oxygens (including phenoxy) is 3. The lowest BCUT2D eigenvalue weighted by molar-refractivity contribution is -0.128. The van der Waals surface area contributed by atoms with E-state index in [9.17, 15) is 9.59 Å². The van der Waals surface area contributed by atoms with Gasteiger partial charge in [-0.25, -0.2) is 9.59 Å². The predicted octanol–water partition coefficient (Wildman–Crippen LogP) is 3.88. The minimum Gasteiger partial charge on any atom is -0.496 e. The highest BCUT2D eigenvalue weighted by Gasteiger charge is 2.09. The van der Waals surface area contributed by atoms with Crippen LogP contribution in [0.15, 0.2) is 54.6 Å². The van der Waals surface area contributed by atoms with Gasteiger partial charge in [0.25, 0.3) is 0 Å². The summed E-state index contributed by atoms with van der Waals surface area (Å²) in [6.45, 7) is 3.56. The Labute approximate surface area is 146 Å². The molecule has 0 N–H and O–H groups in total. The van der Waals surface area contributed by atoms with Gasteiger partial charge in [-0.1, -0.05) is 18.2 Å². The van der Waals surface area contributed by atoms with Crippen LogP contribution in [-0.4, -0.2) is 25.2 Å². The number of hydrogen-bond donors (Lipinski definition) is 0. The Balaban J connectivity index is 1.98. The molecular formula is C20H20O5. The summed E-state index contributed by atoms with van der Waals surface area (Å²) in [5.74, 6) is 0.0719. The number of methoxy groups -OCH3 is 1. The maximum Gasteiger partial charge on any atom is 0.338 e. The van der Waals surface area contributed by atoms with Crippen LogP contribution in [0.4, 0.5) is 0 Å². The van der Waals surface area contributed by atoms with Crippen molar-refractivity contribution < 1.29 is 23.8 Å². The minimum absolute atomic E-state index is 0.190. The van der Waals surface area contributed by atoms with Crippen LogP contribution in [-0.2, 0) is 9.53 Å². The predicted molar refractivity (Wildman–Crippen MR) is 94.7 cm³/mol. The molecule has 2 aromatic carbocycles. The number of benzene rings is 2.